The minimum atomic E-state index is 0. The Morgan fingerprint density at radius 2 is 2.25 bits per heavy atom. The van der Waals surface area contributed by atoms with Gasteiger partial charge in [0.15, 0.2) is 0 Å². The van der Waals surface area contributed by atoms with Gasteiger partial charge in [-0.05, 0) is 30.4 Å². The van der Waals surface area contributed by atoms with Crippen molar-refractivity contribution in [1.29, 1.82) is 0 Å². The SMILES string of the molecule is CC(C)CN(C(=O)CN1CCNCC1c1cccnc1)C1CC1.Cl. The first-order chi connectivity index (χ1) is 11.1. The van der Waals surface area contributed by atoms with Crippen LogP contribution >= 0.6 is 12.4 Å². The molecule has 1 aliphatic carbocycles. The van der Waals surface area contributed by atoms with Crippen molar-refractivity contribution in [1.82, 2.24) is 20.1 Å². The number of hydrogen-bond donors (Lipinski definition) is 1. The number of carbonyl (C=O) groups is 1. The Hall–Kier alpha value is -1.17. The van der Waals surface area contributed by atoms with Crippen LogP contribution in [0, 0.1) is 5.92 Å². The maximum Gasteiger partial charge on any atom is 0.237 e. The lowest BCUT2D eigenvalue weighted by molar-refractivity contribution is -0.134. The smallest absolute Gasteiger partial charge is 0.237 e. The van der Waals surface area contributed by atoms with E-state index in [2.05, 4.69) is 40.0 Å². The summed E-state index contributed by atoms with van der Waals surface area (Å²) in [6.45, 7) is 8.51. The highest BCUT2D eigenvalue weighted by Crippen LogP contribution is 2.28. The number of nitrogens with one attached hydrogen (secondary N) is 1. The number of amides is 1. The van der Waals surface area contributed by atoms with E-state index in [1.54, 1.807) is 6.20 Å². The summed E-state index contributed by atoms with van der Waals surface area (Å²) >= 11 is 0. The molecule has 1 amide bonds. The molecule has 2 heterocycles. The summed E-state index contributed by atoms with van der Waals surface area (Å²) in [7, 11) is 0. The van der Waals surface area contributed by atoms with Crippen LogP contribution in [-0.2, 0) is 4.79 Å². The van der Waals surface area contributed by atoms with E-state index in [1.165, 1.54) is 18.4 Å². The molecule has 2 fully saturated rings. The largest absolute Gasteiger partial charge is 0.338 e. The second kappa shape index (κ2) is 8.79. The van der Waals surface area contributed by atoms with E-state index >= 15 is 0 Å². The summed E-state index contributed by atoms with van der Waals surface area (Å²) in [6.07, 6.45) is 6.06. The average molecular weight is 353 g/mol. The van der Waals surface area contributed by atoms with Gasteiger partial charge >= 0.3 is 0 Å². The van der Waals surface area contributed by atoms with Crippen LogP contribution in [0.4, 0.5) is 0 Å². The Morgan fingerprint density at radius 1 is 1.46 bits per heavy atom. The van der Waals surface area contributed by atoms with Crippen LogP contribution in [-0.4, -0.2) is 59.5 Å². The third-order valence-electron chi connectivity index (χ3n) is 4.63. The summed E-state index contributed by atoms with van der Waals surface area (Å²) in [4.78, 5) is 21.5. The molecule has 1 saturated heterocycles. The first-order valence-electron chi connectivity index (χ1n) is 8.79. The van der Waals surface area contributed by atoms with Gasteiger partial charge in [0.05, 0.1) is 6.54 Å². The minimum Gasteiger partial charge on any atom is -0.338 e. The fourth-order valence-electron chi connectivity index (χ4n) is 3.34. The molecule has 0 radical (unpaired) electrons. The van der Waals surface area contributed by atoms with Gasteiger partial charge in [-0.15, -0.1) is 12.4 Å². The molecule has 1 unspecified atom stereocenters. The van der Waals surface area contributed by atoms with E-state index in [1.807, 2.05) is 12.3 Å². The number of pyridine rings is 1. The highest BCUT2D eigenvalue weighted by molar-refractivity contribution is 5.85. The van der Waals surface area contributed by atoms with Crippen molar-refractivity contribution in [3.63, 3.8) is 0 Å². The summed E-state index contributed by atoms with van der Waals surface area (Å²) in [6, 6.07) is 4.81. The third-order valence-corrected chi connectivity index (χ3v) is 4.63. The van der Waals surface area contributed by atoms with Crippen LogP contribution in [0.3, 0.4) is 0 Å². The zero-order chi connectivity index (χ0) is 16.2. The van der Waals surface area contributed by atoms with Crippen LogP contribution in [0.25, 0.3) is 0 Å². The fourth-order valence-corrected chi connectivity index (χ4v) is 3.34. The Labute approximate surface area is 151 Å². The Morgan fingerprint density at radius 3 is 2.88 bits per heavy atom. The van der Waals surface area contributed by atoms with Crippen LogP contribution in [0.15, 0.2) is 24.5 Å². The van der Waals surface area contributed by atoms with E-state index in [4.69, 9.17) is 0 Å². The van der Waals surface area contributed by atoms with Gasteiger partial charge in [0.2, 0.25) is 5.91 Å². The molecule has 0 bridgehead atoms. The summed E-state index contributed by atoms with van der Waals surface area (Å²) in [5, 5.41) is 3.44. The molecule has 1 aromatic heterocycles. The monoisotopic (exact) mass is 352 g/mol. The van der Waals surface area contributed by atoms with Crippen molar-refractivity contribution in [3.8, 4) is 0 Å². The molecule has 2 aliphatic rings. The fraction of sp³-hybridized carbons (Fsp3) is 0.667. The number of piperazine rings is 1. The maximum atomic E-state index is 12.9. The molecular weight excluding hydrogens is 324 g/mol. The number of nitrogens with zero attached hydrogens (tertiary/aromatic N) is 3. The van der Waals surface area contributed by atoms with Gasteiger partial charge in [-0.25, -0.2) is 0 Å². The Kier molecular flexibility index (Phi) is 7.02. The summed E-state index contributed by atoms with van der Waals surface area (Å²) < 4.78 is 0. The van der Waals surface area contributed by atoms with Crippen molar-refractivity contribution < 1.29 is 4.79 Å². The quantitative estimate of drug-likeness (QED) is 0.851. The van der Waals surface area contributed by atoms with Crippen LogP contribution < -0.4 is 5.32 Å². The van der Waals surface area contributed by atoms with E-state index in [-0.39, 0.29) is 24.4 Å². The Balaban J connectivity index is 0.00000208. The lowest BCUT2D eigenvalue weighted by atomic mass is 10.1. The second-order valence-electron chi connectivity index (χ2n) is 7.15. The zero-order valence-corrected chi connectivity index (χ0v) is 15.5. The second-order valence-corrected chi connectivity index (χ2v) is 7.15. The molecular formula is C18H29ClN4O. The molecule has 6 heteroatoms. The molecule has 134 valence electrons. The molecule has 1 aliphatic heterocycles. The van der Waals surface area contributed by atoms with Crippen molar-refractivity contribution in [2.75, 3.05) is 32.7 Å². The van der Waals surface area contributed by atoms with E-state index in [0.717, 1.165) is 26.2 Å². The highest BCUT2D eigenvalue weighted by atomic mass is 35.5. The zero-order valence-electron chi connectivity index (χ0n) is 14.6. The molecule has 1 saturated carbocycles. The van der Waals surface area contributed by atoms with Crippen molar-refractivity contribution in [2.45, 2.75) is 38.8 Å². The van der Waals surface area contributed by atoms with E-state index in [9.17, 15) is 4.79 Å². The van der Waals surface area contributed by atoms with E-state index < -0.39 is 0 Å². The average Bonchev–Trinajstić information content (AvgIpc) is 3.38. The van der Waals surface area contributed by atoms with Gasteiger partial charge in [-0.1, -0.05) is 19.9 Å². The predicted octanol–water partition coefficient (Wildman–Crippen LogP) is 2.10. The van der Waals surface area contributed by atoms with E-state index in [0.29, 0.717) is 18.5 Å². The minimum absolute atomic E-state index is 0. The van der Waals surface area contributed by atoms with Crippen molar-refractivity contribution in [2.24, 2.45) is 5.92 Å². The molecule has 0 aromatic carbocycles. The van der Waals surface area contributed by atoms with Crippen LogP contribution in [0.2, 0.25) is 0 Å². The summed E-state index contributed by atoms with van der Waals surface area (Å²) in [5.41, 5.74) is 1.19. The Bertz CT molecular complexity index is 521. The number of halogens is 1. The predicted molar refractivity (Wildman–Crippen MR) is 98.2 cm³/mol. The van der Waals surface area contributed by atoms with Crippen molar-refractivity contribution >= 4 is 18.3 Å². The number of rotatable bonds is 6. The van der Waals surface area contributed by atoms with Crippen LogP contribution in [0.5, 0.6) is 0 Å². The van der Waals surface area contributed by atoms with Gasteiger partial charge in [0.1, 0.15) is 0 Å². The third kappa shape index (κ3) is 4.91. The molecule has 0 spiro atoms. The molecule has 1 atom stereocenters. The summed E-state index contributed by atoms with van der Waals surface area (Å²) in [5.74, 6) is 0.814. The molecule has 5 nitrogen and oxygen atoms in total. The number of carbonyl (C=O) groups excluding carboxylic acids is 1. The molecule has 24 heavy (non-hydrogen) atoms. The van der Waals surface area contributed by atoms with Gasteiger partial charge in [0.25, 0.3) is 0 Å². The van der Waals surface area contributed by atoms with Gasteiger partial charge < -0.3 is 10.2 Å². The van der Waals surface area contributed by atoms with Gasteiger partial charge in [0, 0.05) is 50.7 Å². The van der Waals surface area contributed by atoms with Gasteiger partial charge in [-0.3, -0.25) is 14.7 Å². The lowest BCUT2D eigenvalue weighted by Crippen LogP contribution is -2.51. The maximum absolute atomic E-state index is 12.9. The highest BCUT2D eigenvalue weighted by Gasteiger charge is 2.34. The van der Waals surface area contributed by atoms with Crippen LogP contribution in [0.1, 0.15) is 38.3 Å². The lowest BCUT2D eigenvalue weighted by Gasteiger charge is -2.37. The molecule has 1 aromatic rings. The first-order valence-corrected chi connectivity index (χ1v) is 8.79. The number of hydrogen-bond acceptors (Lipinski definition) is 4. The van der Waals surface area contributed by atoms with Gasteiger partial charge in [-0.2, -0.15) is 0 Å². The number of aromatic nitrogens is 1. The van der Waals surface area contributed by atoms with Crippen molar-refractivity contribution in [3.05, 3.63) is 30.1 Å². The molecule has 3 rings (SSSR count). The standard InChI is InChI=1S/C18H28N4O.ClH/c1-14(2)12-22(16-5-6-16)18(23)13-21-9-8-20-11-17(21)15-4-3-7-19-10-15;/h3-4,7,10,14,16-17,20H,5-6,8-9,11-13H2,1-2H3;1H. The first kappa shape index (κ1) is 19.2. The molecule has 1 N–H and O–H groups in total. The normalized spacial score (nSPS) is 21.4. The topological polar surface area (TPSA) is 48.5 Å².